The quantitative estimate of drug-likeness (QED) is 0.675. The Kier molecular flexibility index (Phi) is 4.88. The van der Waals surface area contributed by atoms with Crippen molar-refractivity contribution in [2.75, 3.05) is 6.54 Å². The lowest BCUT2D eigenvalue weighted by Crippen LogP contribution is -2.25. The second-order valence-corrected chi connectivity index (χ2v) is 7.15. The Morgan fingerprint density at radius 2 is 2.22 bits per heavy atom. The summed E-state index contributed by atoms with van der Waals surface area (Å²) in [4.78, 5) is 19.6. The number of aromatic amines is 1. The fourth-order valence-electron chi connectivity index (χ4n) is 4.00. The summed E-state index contributed by atoms with van der Waals surface area (Å²) in [6, 6.07) is 13.8. The molecule has 1 amide bonds. The number of fused-ring (bicyclic) bond motifs is 2. The minimum atomic E-state index is -0.0534. The van der Waals surface area contributed by atoms with Crippen LogP contribution in [0.3, 0.4) is 0 Å². The van der Waals surface area contributed by atoms with Gasteiger partial charge in [0.2, 0.25) is 0 Å². The highest BCUT2D eigenvalue weighted by molar-refractivity contribution is 5.97. The topological polar surface area (TPSA) is 81.6 Å². The van der Waals surface area contributed by atoms with Gasteiger partial charge in [-0.25, -0.2) is 4.98 Å². The average Bonchev–Trinajstić information content (AvgIpc) is 3.18. The first-order chi connectivity index (χ1) is 13.2. The Balaban J connectivity index is 1.33. The second kappa shape index (κ2) is 7.63. The molecule has 0 radical (unpaired) electrons. The first-order valence-electron chi connectivity index (χ1n) is 9.49. The lowest BCUT2D eigenvalue weighted by atomic mass is 9.80. The fourth-order valence-corrected chi connectivity index (χ4v) is 4.00. The number of aryl methyl sites for hydroxylation is 1. The molecule has 0 aliphatic heterocycles. The number of nitriles is 1. The van der Waals surface area contributed by atoms with E-state index in [1.165, 1.54) is 17.5 Å². The van der Waals surface area contributed by atoms with Gasteiger partial charge in [0.15, 0.2) is 0 Å². The number of imidazole rings is 1. The Labute approximate surface area is 158 Å². The van der Waals surface area contributed by atoms with E-state index < -0.39 is 0 Å². The molecular weight excluding hydrogens is 336 g/mol. The molecule has 0 saturated heterocycles. The number of carbonyl (C=O) groups excluding carboxylic acids is 1. The first kappa shape index (κ1) is 17.3. The van der Waals surface area contributed by atoms with Gasteiger partial charge in [-0.3, -0.25) is 4.79 Å². The SMILES string of the molecule is N#Cc1ccc2c(c1)[C@@H](CCCNC(=O)c1ccc3nc[nH]c3c1)CCC2. The van der Waals surface area contributed by atoms with Crippen molar-refractivity contribution in [1.82, 2.24) is 15.3 Å². The normalized spacial score (nSPS) is 15.9. The number of hydrogen-bond donors (Lipinski definition) is 2. The molecule has 1 heterocycles. The van der Waals surface area contributed by atoms with Gasteiger partial charge in [0.05, 0.1) is 29.0 Å². The van der Waals surface area contributed by atoms with E-state index in [-0.39, 0.29) is 5.91 Å². The molecule has 5 nitrogen and oxygen atoms in total. The number of rotatable bonds is 5. The second-order valence-electron chi connectivity index (χ2n) is 7.15. The molecule has 0 saturated carbocycles. The van der Waals surface area contributed by atoms with Crippen LogP contribution in [0.2, 0.25) is 0 Å². The lowest BCUT2D eigenvalue weighted by Gasteiger charge is -2.25. The van der Waals surface area contributed by atoms with Crippen molar-refractivity contribution in [3.05, 3.63) is 65.0 Å². The number of benzene rings is 2. The van der Waals surface area contributed by atoms with Gasteiger partial charge in [0.25, 0.3) is 5.91 Å². The van der Waals surface area contributed by atoms with Gasteiger partial charge in [0, 0.05) is 12.1 Å². The monoisotopic (exact) mass is 358 g/mol. The van der Waals surface area contributed by atoms with Crippen molar-refractivity contribution >= 4 is 16.9 Å². The summed E-state index contributed by atoms with van der Waals surface area (Å²) < 4.78 is 0. The van der Waals surface area contributed by atoms with Crippen LogP contribution in [0.15, 0.2) is 42.7 Å². The smallest absolute Gasteiger partial charge is 0.251 e. The Hall–Kier alpha value is -3.13. The molecule has 0 bridgehead atoms. The van der Waals surface area contributed by atoms with Crippen molar-refractivity contribution in [3.63, 3.8) is 0 Å². The number of nitrogens with zero attached hydrogens (tertiary/aromatic N) is 2. The minimum absolute atomic E-state index is 0.0534. The fraction of sp³-hybridized carbons (Fsp3) is 0.318. The molecular formula is C22H22N4O. The molecule has 1 aliphatic rings. The van der Waals surface area contributed by atoms with E-state index in [2.05, 4.69) is 33.5 Å². The van der Waals surface area contributed by atoms with E-state index in [0.29, 0.717) is 18.0 Å². The molecule has 1 atom stereocenters. The highest BCUT2D eigenvalue weighted by Crippen LogP contribution is 2.35. The van der Waals surface area contributed by atoms with Crippen LogP contribution >= 0.6 is 0 Å². The van der Waals surface area contributed by atoms with Crippen molar-refractivity contribution in [2.45, 2.75) is 38.0 Å². The van der Waals surface area contributed by atoms with E-state index in [1.807, 2.05) is 18.2 Å². The minimum Gasteiger partial charge on any atom is -0.352 e. The molecule has 0 unspecified atom stereocenters. The molecule has 27 heavy (non-hydrogen) atoms. The zero-order valence-electron chi connectivity index (χ0n) is 15.2. The number of carbonyl (C=O) groups is 1. The van der Waals surface area contributed by atoms with E-state index in [9.17, 15) is 4.79 Å². The van der Waals surface area contributed by atoms with E-state index in [1.54, 1.807) is 12.4 Å². The molecule has 3 aromatic rings. The summed E-state index contributed by atoms with van der Waals surface area (Å²) in [6.45, 7) is 0.656. The maximum absolute atomic E-state index is 12.4. The molecule has 2 aromatic carbocycles. The maximum atomic E-state index is 12.4. The number of hydrogen-bond acceptors (Lipinski definition) is 3. The Bertz CT molecular complexity index is 1010. The van der Waals surface area contributed by atoms with Gasteiger partial charge < -0.3 is 10.3 Å². The van der Waals surface area contributed by atoms with E-state index in [0.717, 1.165) is 42.3 Å². The van der Waals surface area contributed by atoms with Crippen molar-refractivity contribution in [3.8, 4) is 6.07 Å². The Morgan fingerprint density at radius 3 is 3.11 bits per heavy atom. The van der Waals surface area contributed by atoms with Gasteiger partial charge in [-0.2, -0.15) is 5.26 Å². The number of H-pyrrole nitrogens is 1. The predicted molar refractivity (Wildman–Crippen MR) is 104 cm³/mol. The van der Waals surface area contributed by atoms with E-state index >= 15 is 0 Å². The molecule has 1 aromatic heterocycles. The van der Waals surface area contributed by atoms with Crippen molar-refractivity contribution in [1.29, 1.82) is 5.26 Å². The Morgan fingerprint density at radius 1 is 1.30 bits per heavy atom. The van der Waals surface area contributed by atoms with Crippen LogP contribution in [0.1, 0.15) is 58.6 Å². The van der Waals surface area contributed by atoms with Crippen molar-refractivity contribution < 1.29 is 4.79 Å². The number of amides is 1. The highest BCUT2D eigenvalue weighted by atomic mass is 16.1. The average molecular weight is 358 g/mol. The third kappa shape index (κ3) is 3.70. The van der Waals surface area contributed by atoms with Gasteiger partial charge in [-0.1, -0.05) is 6.07 Å². The summed E-state index contributed by atoms with van der Waals surface area (Å²) in [6.07, 6.45) is 7.05. The van der Waals surface area contributed by atoms with Crippen LogP contribution in [-0.4, -0.2) is 22.4 Å². The highest BCUT2D eigenvalue weighted by Gasteiger charge is 2.20. The molecule has 2 N–H and O–H groups in total. The van der Waals surface area contributed by atoms with Gasteiger partial charge in [-0.15, -0.1) is 0 Å². The third-order valence-electron chi connectivity index (χ3n) is 5.41. The zero-order valence-corrected chi connectivity index (χ0v) is 15.2. The predicted octanol–water partition coefficient (Wildman–Crippen LogP) is 4.06. The maximum Gasteiger partial charge on any atom is 0.251 e. The van der Waals surface area contributed by atoms with Crippen LogP contribution in [0.4, 0.5) is 0 Å². The number of aromatic nitrogens is 2. The van der Waals surface area contributed by atoms with Crippen molar-refractivity contribution in [2.24, 2.45) is 0 Å². The molecule has 1 aliphatic carbocycles. The van der Waals surface area contributed by atoms with Crippen LogP contribution in [0.5, 0.6) is 0 Å². The van der Waals surface area contributed by atoms with Gasteiger partial charge in [0.1, 0.15) is 0 Å². The molecule has 5 heteroatoms. The third-order valence-corrected chi connectivity index (χ3v) is 5.41. The molecule has 136 valence electrons. The van der Waals surface area contributed by atoms with Crippen LogP contribution < -0.4 is 5.32 Å². The van der Waals surface area contributed by atoms with E-state index in [4.69, 9.17) is 5.26 Å². The van der Waals surface area contributed by atoms with Gasteiger partial charge in [-0.05, 0) is 79.5 Å². The zero-order chi connectivity index (χ0) is 18.6. The largest absolute Gasteiger partial charge is 0.352 e. The summed E-state index contributed by atoms with van der Waals surface area (Å²) in [7, 11) is 0. The first-order valence-corrected chi connectivity index (χ1v) is 9.49. The molecule has 4 rings (SSSR count). The summed E-state index contributed by atoms with van der Waals surface area (Å²) in [5, 5.41) is 12.2. The van der Waals surface area contributed by atoms with Crippen LogP contribution in [-0.2, 0) is 6.42 Å². The standard InChI is InChI=1S/C22H22N4O/c23-13-15-6-7-17-4-1-3-16(19(17)11-15)5-2-10-24-22(27)18-8-9-20-21(12-18)26-14-25-20/h6-9,11-12,14,16H,1-5,10H2,(H,24,27)(H,25,26)/t16-/m1/s1. The molecule has 0 spiro atoms. The summed E-state index contributed by atoms with van der Waals surface area (Å²) in [5.41, 5.74) is 5.82. The van der Waals surface area contributed by atoms with Crippen LogP contribution in [0, 0.1) is 11.3 Å². The van der Waals surface area contributed by atoms with Crippen LogP contribution in [0.25, 0.3) is 11.0 Å². The summed E-state index contributed by atoms with van der Waals surface area (Å²) >= 11 is 0. The number of nitrogens with one attached hydrogen (secondary N) is 2. The van der Waals surface area contributed by atoms with Gasteiger partial charge >= 0.3 is 0 Å². The molecule has 0 fully saturated rings. The lowest BCUT2D eigenvalue weighted by molar-refractivity contribution is 0.0953. The summed E-state index contributed by atoms with van der Waals surface area (Å²) in [5.74, 6) is 0.433.